The predicted molar refractivity (Wildman–Crippen MR) is 48.6 cm³/mol. The van der Waals surface area contributed by atoms with E-state index in [0.29, 0.717) is 0 Å². The number of aromatic hydroxyl groups is 1. The van der Waals surface area contributed by atoms with Crippen LogP contribution in [0.5, 0.6) is 5.75 Å². The third-order valence-electron chi connectivity index (χ3n) is 2.48. The van der Waals surface area contributed by atoms with Crippen LogP contribution >= 0.6 is 0 Å². The lowest BCUT2D eigenvalue weighted by molar-refractivity contribution is 0.0997. The Morgan fingerprint density at radius 1 is 1.31 bits per heavy atom. The molecule has 1 aliphatic carbocycles. The maximum absolute atomic E-state index is 10.9. The Kier molecular flexibility index (Phi) is 1.72. The van der Waals surface area contributed by atoms with Gasteiger partial charge in [-0.25, -0.2) is 0 Å². The Bertz CT molecular complexity index is 371. The molecule has 0 radical (unpaired) electrons. The van der Waals surface area contributed by atoms with Gasteiger partial charge in [0, 0.05) is 0 Å². The summed E-state index contributed by atoms with van der Waals surface area (Å²) in [5.74, 6) is -0.555. The van der Waals surface area contributed by atoms with Gasteiger partial charge in [0.1, 0.15) is 5.75 Å². The second-order valence-corrected chi connectivity index (χ2v) is 3.36. The largest absolute Gasteiger partial charge is 0.507 e. The Morgan fingerprint density at radius 3 is 2.54 bits per heavy atom. The van der Waals surface area contributed by atoms with Gasteiger partial charge in [0.05, 0.1) is 5.56 Å². The fraction of sp³-hybridized carbons (Fsp3) is 0.300. The number of rotatable bonds is 1. The zero-order chi connectivity index (χ0) is 9.42. The smallest absolute Gasteiger partial charge is 0.252 e. The average molecular weight is 177 g/mol. The minimum atomic E-state index is -0.563. The van der Waals surface area contributed by atoms with Crippen LogP contribution in [0.4, 0.5) is 0 Å². The van der Waals surface area contributed by atoms with Crippen molar-refractivity contribution in [1.82, 2.24) is 0 Å². The number of nitrogens with two attached hydrogens (primary N) is 1. The molecule has 2 rings (SSSR count). The Balaban J connectivity index is 2.55. The van der Waals surface area contributed by atoms with Crippen LogP contribution in [-0.4, -0.2) is 11.0 Å². The summed E-state index contributed by atoms with van der Waals surface area (Å²) in [6.45, 7) is 0. The molecular weight excluding hydrogens is 166 g/mol. The molecule has 3 heteroatoms. The van der Waals surface area contributed by atoms with Crippen LogP contribution in [0.2, 0.25) is 0 Å². The first kappa shape index (κ1) is 8.10. The Labute approximate surface area is 76.2 Å². The van der Waals surface area contributed by atoms with E-state index in [9.17, 15) is 9.90 Å². The summed E-state index contributed by atoms with van der Waals surface area (Å²) >= 11 is 0. The number of fused-ring (bicyclic) bond motifs is 1. The molecule has 3 nitrogen and oxygen atoms in total. The molecule has 1 aromatic carbocycles. The van der Waals surface area contributed by atoms with Crippen LogP contribution in [-0.2, 0) is 12.8 Å². The van der Waals surface area contributed by atoms with Crippen molar-refractivity contribution in [2.75, 3.05) is 0 Å². The molecule has 0 saturated heterocycles. The topological polar surface area (TPSA) is 63.3 Å². The molecule has 1 aromatic rings. The number of carbonyl (C=O) groups excluding carboxylic acids is 1. The highest BCUT2D eigenvalue weighted by Gasteiger charge is 2.16. The van der Waals surface area contributed by atoms with Crippen molar-refractivity contribution in [2.45, 2.75) is 19.3 Å². The number of aryl methyl sites for hydroxylation is 2. The highest BCUT2D eigenvalue weighted by molar-refractivity contribution is 5.95. The number of hydrogen-bond donors (Lipinski definition) is 2. The first-order valence-corrected chi connectivity index (χ1v) is 4.33. The van der Waals surface area contributed by atoms with Crippen molar-refractivity contribution in [3.63, 3.8) is 0 Å². The van der Waals surface area contributed by atoms with Crippen molar-refractivity contribution in [1.29, 1.82) is 0 Å². The fourth-order valence-corrected chi connectivity index (χ4v) is 1.81. The molecular formula is C10H11NO2. The molecule has 0 unspecified atom stereocenters. The lowest BCUT2D eigenvalue weighted by atomic mass is 10.0. The van der Waals surface area contributed by atoms with E-state index in [1.165, 1.54) is 0 Å². The van der Waals surface area contributed by atoms with Gasteiger partial charge in [0.15, 0.2) is 0 Å². The van der Waals surface area contributed by atoms with Crippen molar-refractivity contribution < 1.29 is 9.90 Å². The van der Waals surface area contributed by atoms with Gasteiger partial charge in [0.2, 0.25) is 0 Å². The summed E-state index contributed by atoms with van der Waals surface area (Å²) in [7, 11) is 0. The third kappa shape index (κ3) is 1.26. The number of primary amides is 1. The lowest BCUT2D eigenvalue weighted by Gasteiger charge is -2.04. The van der Waals surface area contributed by atoms with Gasteiger partial charge < -0.3 is 10.8 Å². The zero-order valence-corrected chi connectivity index (χ0v) is 7.21. The molecule has 1 aliphatic rings. The molecule has 0 aromatic heterocycles. The number of hydrogen-bond acceptors (Lipinski definition) is 2. The van der Waals surface area contributed by atoms with Gasteiger partial charge in [0.25, 0.3) is 5.91 Å². The molecule has 0 heterocycles. The number of phenols is 1. The second-order valence-electron chi connectivity index (χ2n) is 3.36. The van der Waals surface area contributed by atoms with Crippen molar-refractivity contribution in [2.24, 2.45) is 5.73 Å². The van der Waals surface area contributed by atoms with Gasteiger partial charge in [-0.1, -0.05) is 0 Å². The van der Waals surface area contributed by atoms with E-state index in [2.05, 4.69) is 0 Å². The zero-order valence-electron chi connectivity index (χ0n) is 7.21. The maximum atomic E-state index is 10.9. The molecule has 1 amide bonds. The molecule has 0 spiro atoms. The van der Waals surface area contributed by atoms with E-state index in [1.54, 1.807) is 12.1 Å². The Hall–Kier alpha value is -1.51. The summed E-state index contributed by atoms with van der Waals surface area (Å²) in [4.78, 5) is 10.9. The summed E-state index contributed by atoms with van der Waals surface area (Å²) in [6, 6.07) is 3.36. The monoisotopic (exact) mass is 177 g/mol. The van der Waals surface area contributed by atoms with Gasteiger partial charge in [-0.3, -0.25) is 4.79 Å². The third-order valence-corrected chi connectivity index (χ3v) is 2.48. The quantitative estimate of drug-likeness (QED) is 0.671. The SMILES string of the molecule is NC(=O)c1cc2c(cc1O)CCC2. The normalized spacial score (nSPS) is 14.2. The number of amides is 1. The summed E-state index contributed by atoms with van der Waals surface area (Å²) < 4.78 is 0. The molecule has 68 valence electrons. The minimum Gasteiger partial charge on any atom is -0.507 e. The van der Waals surface area contributed by atoms with Gasteiger partial charge in [-0.2, -0.15) is 0 Å². The highest BCUT2D eigenvalue weighted by Crippen LogP contribution is 2.28. The molecule has 3 N–H and O–H groups in total. The van der Waals surface area contributed by atoms with Crippen LogP contribution in [0.15, 0.2) is 12.1 Å². The van der Waals surface area contributed by atoms with Gasteiger partial charge in [-0.15, -0.1) is 0 Å². The van der Waals surface area contributed by atoms with Crippen LogP contribution in [0.3, 0.4) is 0 Å². The molecule has 13 heavy (non-hydrogen) atoms. The Morgan fingerprint density at radius 2 is 1.92 bits per heavy atom. The fourth-order valence-electron chi connectivity index (χ4n) is 1.81. The molecule has 0 aliphatic heterocycles. The maximum Gasteiger partial charge on any atom is 0.252 e. The molecule has 0 fully saturated rings. The van der Waals surface area contributed by atoms with E-state index < -0.39 is 5.91 Å². The van der Waals surface area contributed by atoms with Crippen LogP contribution < -0.4 is 5.73 Å². The average Bonchev–Trinajstić information content (AvgIpc) is 2.48. The van der Waals surface area contributed by atoms with Gasteiger partial charge >= 0.3 is 0 Å². The van der Waals surface area contributed by atoms with Crippen molar-refractivity contribution in [3.05, 3.63) is 28.8 Å². The van der Waals surface area contributed by atoms with Crippen molar-refractivity contribution >= 4 is 5.91 Å². The van der Waals surface area contributed by atoms with E-state index in [1.807, 2.05) is 0 Å². The first-order valence-electron chi connectivity index (χ1n) is 4.33. The molecule has 0 bridgehead atoms. The van der Waals surface area contributed by atoms with Crippen LogP contribution in [0.1, 0.15) is 27.9 Å². The van der Waals surface area contributed by atoms with Crippen LogP contribution in [0.25, 0.3) is 0 Å². The molecule has 0 atom stereocenters. The summed E-state index contributed by atoms with van der Waals surface area (Å²) in [5, 5.41) is 9.44. The van der Waals surface area contributed by atoms with E-state index in [-0.39, 0.29) is 11.3 Å². The van der Waals surface area contributed by atoms with Gasteiger partial charge in [-0.05, 0) is 42.5 Å². The minimum absolute atomic E-state index is 0.00755. The summed E-state index contributed by atoms with van der Waals surface area (Å²) in [6.07, 6.45) is 3.06. The van der Waals surface area contributed by atoms with E-state index >= 15 is 0 Å². The highest BCUT2D eigenvalue weighted by atomic mass is 16.3. The number of benzene rings is 1. The van der Waals surface area contributed by atoms with E-state index in [4.69, 9.17) is 5.73 Å². The van der Waals surface area contributed by atoms with E-state index in [0.717, 1.165) is 30.4 Å². The number of carbonyl (C=O) groups is 1. The standard InChI is InChI=1S/C10H11NO2/c11-10(13)8-4-6-2-1-3-7(6)5-9(8)12/h4-5,12H,1-3H2,(H2,11,13). The molecule has 0 saturated carbocycles. The van der Waals surface area contributed by atoms with Crippen LogP contribution in [0, 0.1) is 0 Å². The van der Waals surface area contributed by atoms with Crippen molar-refractivity contribution in [3.8, 4) is 5.75 Å². The predicted octanol–water partition coefficient (Wildman–Crippen LogP) is 0.980. The summed E-state index contributed by atoms with van der Waals surface area (Å²) in [5.41, 5.74) is 7.63. The first-order chi connectivity index (χ1) is 6.18. The lowest BCUT2D eigenvalue weighted by Crippen LogP contribution is -2.11. The second kappa shape index (κ2) is 2.76.